The molecule has 252 valence electrons. The minimum atomic E-state index is -4.21. The van der Waals surface area contributed by atoms with Gasteiger partial charge in [0.15, 0.2) is 0 Å². The lowest BCUT2D eigenvalue weighted by Crippen LogP contribution is -2.55. The number of nitrogens with one attached hydrogen (secondary N) is 1. The van der Waals surface area contributed by atoms with E-state index >= 15 is 0 Å². The predicted molar refractivity (Wildman–Crippen MR) is 193 cm³/mol. The fourth-order valence-corrected chi connectivity index (χ4v) is 7.66. The van der Waals surface area contributed by atoms with Crippen LogP contribution in [0.25, 0.3) is 0 Å². The van der Waals surface area contributed by atoms with E-state index in [0.29, 0.717) is 10.7 Å². The largest absolute Gasteiger partial charge is 0.352 e. The third kappa shape index (κ3) is 8.85. The Balaban J connectivity index is 1.57. The van der Waals surface area contributed by atoms with Crippen LogP contribution >= 0.6 is 11.6 Å². The van der Waals surface area contributed by atoms with Crippen LogP contribution in [0.1, 0.15) is 59.9 Å². The fraction of sp³-hybridized carbons (Fsp3) is 0.333. The minimum Gasteiger partial charge on any atom is -0.352 e. The summed E-state index contributed by atoms with van der Waals surface area (Å²) in [7, 11) is -4.21. The Hall–Kier alpha value is -4.14. The molecule has 2 amide bonds. The summed E-state index contributed by atoms with van der Waals surface area (Å²) in [6, 6.07) is 27.9. The van der Waals surface area contributed by atoms with Gasteiger partial charge in [-0.05, 0) is 92.3 Å². The molecule has 1 saturated carbocycles. The Bertz CT molecular complexity index is 1810. The van der Waals surface area contributed by atoms with Gasteiger partial charge in [-0.25, -0.2) is 8.42 Å². The van der Waals surface area contributed by atoms with Crippen molar-refractivity contribution >= 4 is 39.1 Å². The van der Waals surface area contributed by atoms with Gasteiger partial charge in [-0.1, -0.05) is 97.1 Å². The Labute approximate surface area is 290 Å². The molecule has 0 aliphatic heterocycles. The van der Waals surface area contributed by atoms with E-state index in [1.54, 1.807) is 17.0 Å². The number of nitrogens with zero attached hydrogens (tertiary/aromatic N) is 2. The van der Waals surface area contributed by atoms with Crippen LogP contribution in [0.4, 0.5) is 5.69 Å². The molecule has 1 atom stereocenters. The summed E-state index contributed by atoms with van der Waals surface area (Å²) in [5, 5.41) is 3.65. The lowest BCUT2D eigenvalue weighted by atomic mass is 9.94. The molecule has 0 bridgehead atoms. The molecule has 1 aliphatic carbocycles. The first-order chi connectivity index (χ1) is 23.0. The molecule has 0 heterocycles. The molecule has 7 nitrogen and oxygen atoms in total. The van der Waals surface area contributed by atoms with Gasteiger partial charge in [0.25, 0.3) is 10.0 Å². The maximum atomic E-state index is 14.7. The van der Waals surface area contributed by atoms with Gasteiger partial charge in [0.1, 0.15) is 12.6 Å². The van der Waals surface area contributed by atoms with Crippen molar-refractivity contribution < 1.29 is 18.0 Å². The summed E-state index contributed by atoms with van der Waals surface area (Å²) in [6.07, 6.45) is 5.33. The van der Waals surface area contributed by atoms with Crippen molar-refractivity contribution in [1.29, 1.82) is 0 Å². The number of halogens is 1. The van der Waals surface area contributed by atoms with Crippen molar-refractivity contribution in [2.45, 2.75) is 82.8 Å². The summed E-state index contributed by atoms with van der Waals surface area (Å²) in [6.45, 7) is 5.48. The van der Waals surface area contributed by atoms with Gasteiger partial charge < -0.3 is 10.2 Å². The van der Waals surface area contributed by atoms with Gasteiger partial charge in [0, 0.05) is 24.0 Å². The summed E-state index contributed by atoms with van der Waals surface area (Å²) in [5.41, 5.74) is 5.07. The van der Waals surface area contributed by atoms with Crippen molar-refractivity contribution in [1.82, 2.24) is 10.2 Å². The number of anilines is 1. The maximum Gasteiger partial charge on any atom is 0.264 e. The zero-order valence-corrected chi connectivity index (χ0v) is 29.4. The quantitative estimate of drug-likeness (QED) is 0.167. The Morgan fingerprint density at radius 3 is 2.12 bits per heavy atom. The molecule has 4 aromatic carbocycles. The molecule has 1 aliphatic rings. The summed E-state index contributed by atoms with van der Waals surface area (Å²) in [4.78, 5) is 30.5. The number of carbonyl (C=O) groups excluding carboxylic acids is 2. The lowest BCUT2D eigenvalue weighted by Gasteiger charge is -2.35. The number of hydrogen-bond donors (Lipinski definition) is 1. The van der Waals surface area contributed by atoms with E-state index in [-0.39, 0.29) is 29.8 Å². The van der Waals surface area contributed by atoms with E-state index in [2.05, 4.69) is 5.32 Å². The highest BCUT2D eigenvalue weighted by Gasteiger charge is 2.35. The zero-order valence-electron chi connectivity index (χ0n) is 27.9. The molecule has 9 heteroatoms. The molecule has 4 aromatic rings. The van der Waals surface area contributed by atoms with E-state index in [4.69, 9.17) is 11.6 Å². The standard InChI is InChI=1S/C39H44ClN3O4S/c1-28-14-17-32(18-15-28)26-42(37(25-31-10-6-4-7-11-31)39(45)41-34-12-8-5-9-13-34)38(44)27-43(35-21-16-29(2)30(3)24-35)48(46,47)36-22-19-33(40)20-23-36/h4,6-7,10-11,14-24,34,37H,5,8-9,12-13,25-27H2,1-3H3,(H,41,45). The van der Waals surface area contributed by atoms with Gasteiger partial charge >= 0.3 is 0 Å². The monoisotopic (exact) mass is 685 g/mol. The zero-order chi connectivity index (χ0) is 34.3. The second-order valence-electron chi connectivity index (χ2n) is 12.8. The summed E-state index contributed by atoms with van der Waals surface area (Å²) >= 11 is 6.10. The van der Waals surface area contributed by atoms with Crippen molar-refractivity contribution in [2.24, 2.45) is 0 Å². The smallest absolute Gasteiger partial charge is 0.264 e. The highest BCUT2D eigenvalue weighted by molar-refractivity contribution is 7.92. The van der Waals surface area contributed by atoms with Crippen LogP contribution in [-0.2, 0) is 32.6 Å². The molecule has 5 rings (SSSR count). The molecule has 1 unspecified atom stereocenters. The Kier molecular flexibility index (Phi) is 11.6. The van der Waals surface area contributed by atoms with Crippen LogP contribution in [0, 0.1) is 20.8 Å². The SMILES string of the molecule is Cc1ccc(CN(C(=O)CN(c2ccc(C)c(C)c2)S(=O)(=O)c2ccc(Cl)cc2)C(Cc2ccccc2)C(=O)NC2CCCCC2)cc1. The van der Waals surface area contributed by atoms with Crippen molar-refractivity contribution in [2.75, 3.05) is 10.8 Å². The highest BCUT2D eigenvalue weighted by atomic mass is 35.5. The number of amides is 2. The third-order valence-electron chi connectivity index (χ3n) is 9.16. The van der Waals surface area contributed by atoms with E-state index in [1.165, 1.54) is 24.3 Å². The first-order valence-corrected chi connectivity index (χ1v) is 18.4. The minimum absolute atomic E-state index is 0.0129. The van der Waals surface area contributed by atoms with E-state index < -0.39 is 28.5 Å². The number of benzene rings is 4. The number of carbonyl (C=O) groups is 2. The molecule has 1 N–H and O–H groups in total. The first-order valence-electron chi connectivity index (χ1n) is 16.6. The second kappa shape index (κ2) is 15.8. The maximum absolute atomic E-state index is 14.7. The molecular weight excluding hydrogens is 642 g/mol. The fourth-order valence-electron chi connectivity index (χ4n) is 6.13. The molecule has 1 fully saturated rings. The van der Waals surface area contributed by atoms with Crippen molar-refractivity contribution in [3.8, 4) is 0 Å². The van der Waals surface area contributed by atoms with Gasteiger partial charge in [-0.15, -0.1) is 0 Å². The van der Waals surface area contributed by atoms with E-state index in [1.807, 2.05) is 81.4 Å². The summed E-state index contributed by atoms with van der Waals surface area (Å²) < 4.78 is 29.7. The number of rotatable bonds is 12. The molecule has 0 spiro atoms. The molecule has 0 saturated heterocycles. The van der Waals surface area contributed by atoms with Gasteiger partial charge in [-0.2, -0.15) is 0 Å². The van der Waals surface area contributed by atoms with Gasteiger partial charge in [-0.3, -0.25) is 13.9 Å². The van der Waals surface area contributed by atoms with Crippen LogP contribution in [0.2, 0.25) is 5.02 Å². The van der Waals surface area contributed by atoms with Crippen LogP contribution in [0.5, 0.6) is 0 Å². The van der Waals surface area contributed by atoms with Gasteiger partial charge in [0.2, 0.25) is 11.8 Å². The molecular formula is C39H44ClN3O4S. The molecule has 0 aromatic heterocycles. The normalized spacial score (nSPS) is 14.2. The predicted octanol–water partition coefficient (Wildman–Crippen LogP) is 7.55. The molecule has 0 radical (unpaired) electrons. The van der Waals surface area contributed by atoms with Crippen molar-refractivity contribution in [3.63, 3.8) is 0 Å². The Morgan fingerprint density at radius 2 is 1.48 bits per heavy atom. The average molecular weight is 686 g/mol. The Morgan fingerprint density at radius 1 is 0.812 bits per heavy atom. The van der Waals surface area contributed by atoms with Crippen molar-refractivity contribution in [3.05, 3.63) is 130 Å². The second-order valence-corrected chi connectivity index (χ2v) is 15.1. The number of sulfonamides is 1. The van der Waals surface area contributed by atoms with Crippen LogP contribution < -0.4 is 9.62 Å². The topological polar surface area (TPSA) is 86.8 Å². The number of hydrogen-bond acceptors (Lipinski definition) is 4. The number of aryl methyl sites for hydroxylation is 3. The highest BCUT2D eigenvalue weighted by Crippen LogP contribution is 2.28. The lowest BCUT2D eigenvalue weighted by molar-refractivity contribution is -0.140. The summed E-state index contributed by atoms with van der Waals surface area (Å²) in [5.74, 6) is -0.712. The van der Waals surface area contributed by atoms with E-state index in [9.17, 15) is 18.0 Å². The van der Waals surface area contributed by atoms with E-state index in [0.717, 1.165) is 64.2 Å². The van der Waals surface area contributed by atoms with Crippen LogP contribution in [-0.4, -0.2) is 43.8 Å². The van der Waals surface area contributed by atoms with Crippen LogP contribution in [0.3, 0.4) is 0 Å². The first kappa shape index (κ1) is 35.2. The molecule has 48 heavy (non-hydrogen) atoms. The average Bonchev–Trinajstić information content (AvgIpc) is 3.08. The van der Waals surface area contributed by atoms with Gasteiger partial charge in [0.05, 0.1) is 10.6 Å². The third-order valence-corrected chi connectivity index (χ3v) is 11.2. The van der Waals surface area contributed by atoms with Crippen LogP contribution in [0.15, 0.2) is 102 Å².